The summed E-state index contributed by atoms with van der Waals surface area (Å²) in [5, 5.41) is 8.05. The number of benzene rings is 2. The summed E-state index contributed by atoms with van der Waals surface area (Å²) in [5.41, 5.74) is 2.02. The fourth-order valence-corrected chi connectivity index (χ4v) is 2.03. The first-order valence-corrected chi connectivity index (χ1v) is 5.90. The van der Waals surface area contributed by atoms with Gasteiger partial charge in [-0.1, -0.05) is 24.3 Å². The molecule has 2 aromatic carbocycles. The number of para-hydroxylation sites is 1. The second-order valence-corrected chi connectivity index (χ2v) is 4.14. The molecular weight excluding hydrogens is 238 g/mol. The first-order chi connectivity index (χ1) is 9.38. The number of aromatic nitrogens is 1. The molecule has 0 bridgehead atoms. The van der Waals surface area contributed by atoms with E-state index in [1.165, 1.54) is 0 Å². The molecule has 3 aromatic rings. The minimum atomic E-state index is 0.406. The summed E-state index contributed by atoms with van der Waals surface area (Å²) in [6.07, 6.45) is 3.37. The summed E-state index contributed by atoms with van der Waals surface area (Å²) in [4.78, 5) is 15.2. The van der Waals surface area contributed by atoms with E-state index < -0.39 is 0 Å². The van der Waals surface area contributed by atoms with Crippen LogP contribution >= 0.6 is 0 Å². The van der Waals surface area contributed by atoms with Gasteiger partial charge in [-0.05, 0) is 29.4 Å². The van der Waals surface area contributed by atoms with Crippen LogP contribution in [0.5, 0.6) is 0 Å². The highest BCUT2D eigenvalue weighted by Crippen LogP contribution is 2.35. The highest BCUT2D eigenvalue weighted by Gasteiger charge is 2.08. The van der Waals surface area contributed by atoms with Gasteiger partial charge in [0.05, 0.1) is 5.69 Å². The van der Waals surface area contributed by atoms with Crippen LogP contribution in [0.3, 0.4) is 0 Å². The lowest BCUT2D eigenvalue weighted by atomic mass is 10.1. The zero-order valence-electron chi connectivity index (χ0n) is 10.1. The van der Waals surface area contributed by atoms with Crippen LogP contribution in [0, 0.1) is 4.91 Å². The smallest absolute Gasteiger partial charge is 0.139 e. The molecule has 0 radical (unpaired) electrons. The van der Waals surface area contributed by atoms with Gasteiger partial charge in [-0.2, -0.15) is 0 Å². The van der Waals surface area contributed by atoms with Crippen LogP contribution in [0.2, 0.25) is 0 Å². The number of anilines is 2. The second-order valence-electron chi connectivity index (χ2n) is 4.14. The van der Waals surface area contributed by atoms with E-state index >= 15 is 0 Å². The standard InChI is InChI=1S/C15H11N3O/c19-18-15-13-8-9-16-10-11(13)6-7-14(15)17-12-4-2-1-3-5-12/h1-10,17H. The van der Waals surface area contributed by atoms with E-state index in [0.717, 1.165) is 16.5 Å². The lowest BCUT2D eigenvalue weighted by Crippen LogP contribution is -1.91. The minimum absolute atomic E-state index is 0.406. The molecule has 4 nitrogen and oxygen atoms in total. The lowest BCUT2D eigenvalue weighted by Gasteiger charge is -2.09. The van der Waals surface area contributed by atoms with Gasteiger partial charge in [0.15, 0.2) is 0 Å². The second kappa shape index (κ2) is 4.86. The fourth-order valence-electron chi connectivity index (χ4n) is 2.03. The van der Waals surface area contributed by atoms with Crippen molar-refractivity contribution in [3.05, 3.63) is 65.8 Å². The van der Waals surface area contributed by atoms with E-state index in [0.29, 0.717) is 11.4 Å². The molecular formula is C15H11N3O. The van der Waals surface area contributed by atoms with E-state index in [1.807, 2.05) is 42.5 Å². The Morgan fingerprint density at radius 3 is 2.63 bits per heavy atom. The van der Waals surface area contributed by atoms with Crippen LogP contribution in [-0.4, -0.2) is 4.98 Å². The van der Waals surface area contributed by atoms with Crippen molar-refractivity contribution in [1.29, 1.82) is 0 Å². The van der Waals surface area contributed by atoms with Crippen molar-refractivity contribution in [2.45, 2.75) is 0 Å². The Balaban J connectivity index is 2.11. The molecule has 1 N–H and O–H groups in total. The molecule has 0 aliphatic rings. The van der Waals surface area contributed by atoms with Crippen LogP contribution in [-0.2, 0) is 0 Å². The molecule has 3 rings (SSSR count). The summed E-state index contributed by atoms with van der Waals surface area (Å²) in [5.74, 6) is 0. The Labute approximate surface area is 110 Å². The van der Waals surface area contributed by atoms with Crippen LogP contribution in [0.25, 0.3) is 10.8 Å². The third kappa shape index (κ3) is 2.15. The Morgan fingerprint density at radius 2 is 1.84 bits per heavy atom. The van der Waals surface area contributed by atoms with E-state index in [4.69, 9.17) is 0 Å². The molecule has 1 heterocycles. The highest BCUT2D eigenvalue weighted by atomic mass is 16.3. The number of pyridine rings is 1. The third-order valence-corrected chi connectivity index (χ3v) is 2.94. The molecule has 0 aliphatic heterocycles. The normalized spacial score (nSPS) is 10.3. The van der Waals surface area contributed by atoms with Gasteiger partial charge in [0.25, 0.3) is 0 Å². The van der Waals surface area contributed by atoms with Crippen molar-refractivity contribution >= 4 is 27.8 Å². The molecule has 0 unspecified atom stereocenters. The Morgan fingerprint density at radius 1 is 1.00 bits per heavy atom. The average molecular weight is 249 g/mol. The van der Waals surface area contributed by atoms with Gasteiger partial charge in [-0.3, -0.25) is 4.98 Å². The maximum atomic E-state index is 11.1. The molecule has 0 saturated heterocycles. The van der Waals surface area contributed by atoms with Crippen LogP contribution in [0.4, 0.5) is 17.1 Å². The zero-order chi connectivity index (χ0) is 13.1. The summed E-state index contributed by atoms with van der Waals surface area (Å²) in [6, 6.07) is 15.2. The first-order valence-electron chi connectivity index (χ1n) is 5.90. The van der Waals surface area contributed by atoms with Crippen molar-refractivity contribution in [2.24, 2.45) is 5.18 Å². The molecule has 0 fully saturated rings. The van der Waals surface area contributed by atoms with Crippen LogP contribution in [0.1, 0.15) is 0 Å². The van der Waals surface area contributed by atoms with Gasteiger partial charge in [-0.15, -0.1) is 4.91 Å². The summed E-state index contributed by atoms with van der Waals surface area (Å²) in [7, 11) is 0. The molecule has 0 amide bonds. The van der Waals surface area contributed by atoms with Crippen molar-refractivity contribution < 1.29 is 0 Å². The summed E-state index contributed by atoms with van der Waals surface area (Å²) in [6.45, 7) is 0. The highest BCUT2D eigenvalue weighted by molar-refractivity contribution is 5.98. The van der Waals surface area contributed by atoms with Crippen molar-refractivity contribution in [3.63, 3.8) is 0 Å². The van der Waals surface area contributed by atoms with E-state index in [9.17, 15) is 4.91 Å². The molecule has 0 aliphatic carbocycles. The van der Waals surface area contributed by atoms with Crippen LogP contribution < -0.4 is 5.32 Å². The number of fused-ring (bicyclic) bond motifs is 1. The maximum absolute atomic E-state index is 11.1. The predicted molar refractivity (Wildman–Crippen MR) is 76.9 cm³/mol. The molecule has 0 spiro atoms. The quantitative estimate of drug-likeness (QED) is 0.701. The average Bonchev–Trinajstić information content (AvgIpc) is 2.48. The van der Waals surface area contributed by atoms with Gasteiger partial charge in [0.2, 0.25) is 0 Å². The number of hydrogen-bond donors (Lipinski definition) is 1. The number of nitroso groups, excluding NO2 is 1. The molecule has 92 valence electrons. The number of nitrogens with one attached hydrogen (secondary N) is 1. The summed E-state index contributed by atoms with van der Waals surface area (Å²) >= 11 is 0. The Kier molecular flexibility index (Phi) is 2.90. The van der Waals surface area contributed by atoms with Gasteiger partial charge in [0.1, 0.15) is 5.69 Å². The van der Waals surface area contributed by atoms with Gasteiger partial charge < -0.3 is 5.32 Å². The topological polar surface area (TPSA) is 54.4 Å². The third-order valence-electron chi connectivity index (χ3n) is 2.94. The minimum Gasteiger partial charge on any atom is -0.354 e. The largest absolute Gasteiger partial charge is 0.354 e. The maximum Gasteiger partial charge on any atom is 0.139 e. The molecule has 0 saturated carbocycles. The van der Waals surface area contributed by atoms with Gasteiger partial charge in [0, 0.05) is 28.9 Å². The zero-order valence-corrected chi connectivity index (χ0v) is 10.1. The molecule has 1 aromatic heterocycles. The first kappa shape index (κ1) is 11.3. The molecule has 4 heteroatoms. The fraction of sp³-hybridized carbons (Fsp3) is 0. The predicted octanol–water partition coefficient (Wildman–Crippen LogP) is 4.38. The number of nitrogens with zero attached hydrogens (tertiary/aromatic N) is 2. The molecule has 19 heavy (non-hydrogen) atoms. The Bertz CT molecular complexity index is 726. The van der Waals surface area contributed by atoms with Crippen molar-refractivity contribution in [1.82, 2.24) is 4.98 Å². The number of hydrogen-bond acceptors (Lipinski definition) is 4. The van der Waals surface area contributed by atoms with Gasteiger partial charge in [-0.25, -0.2) is 0 Å². The van der Waals surface area contributed by atoms with E-state index in [-0.39, 0.29) is 0 Å². The monoisotopic (exact) mass is 249 g/mol. The molecule has 0 atom stereocenters. The SMILES string of the molecule is O=Nc1c(Nc2ccccc2)ccc2cnccc12. The lowest BCUT2D eigenvalue weighted by molar-refractivity contribution is 1.36. The van der Waals surface area contributed by atoms with Crippen molar-refractivity contribution in [3.8, 4) is 0 Å². The van der Waals surface area contributed by atoms with Gasteiger partial charge >= 0.3 is 0 Å². The van der Waals surface area contributed by atoms with Crippen molar-refractivity contribution in [2.75, 3.05) is 5.32 Å². The summed E-state index contributed by atoms with van der Waals surface area (Å²) < 4.78 is 0. The number of rotatable bonds is 3. The van der Waals surface area contributed by atoms with E-state index in [1.54, 1.807) is 18.5 Å². The Hall–Kier alpha value is -2.75. The van der Waals surface area contributed by atoms with Crippen LogP contribution in [0.15, 0.2) is 66.1 Å². The van der Waals surface area contributed by atoms with E-state index in [2.05, 4.69) is 15.5 Å².